The Kier molecular flexibility index (Phi) is 2.18. The molecule has 1 heterocycles. The zero-order chi connectivity index (χ0) is 8.48. The highest BCUT2D eigenvalue weighted by molar-refractivity contribution is 5.84. The second-order valence-electron chi connectivity index (χ2n) is 3.58. The van der Waals surface area contributed by atoms with E-state index in [2.05, 4.69) is 5.32 Å². The molecule has 0 aromatic heterocycles. The summed E-state index contributed by atoms with van der Waals surface area (Å²) in [4.78, 5) is 11.2. The van der Waals surface area contributed by atoms with Crippen LogP contribution in [0.3, 0.4) is 0 Å². The van der Waals surface area contributed by atoms with Gasteiger partial charge in [0.15, 0.2) is 0 Å². The zero-order valence-corrected chi connectivity index (χ0v) is 7.31. The van der Waals surface area contributed by atoms with E-state index in [9.17, 15) is 4.79 Å². The molecule has 0 spiro atoms. The highest BCUT2D eigenvalue weighted by Gasteiger charge is 2.41. The summed E-state index contributed by atoms with van der Waals surface area (Å²) < 4.78 is 5.02. The Morgan fingerprint density at radius 3 is 2.73 bits per heavy atom. The van der Waals surface area contributed by atoms with Gasteiger partial charge in [-0.2, -0.15) is 0 Å². The standard InChI is InChI=1S/C8H15NO2/c1-8(2)6(5-11-3)4-9-7(8)10/h6H,4-5H2,1-3H3,(H,9,10). The third kappa shape index (κ3) is 1.38. The van der Waals surface area contributed by atoms with Crippen molar-refractivity contribution in [1.82, 2.24) is 5.32 Å². The number of methoxy groups -OCH3 is 1. The molecule has 0 aromatic carbocycles. The number of ether oxygens (including phenoxy) is 1. The van der Waals surface area contributed by atoms with Crippen LogP contribution in [0.15, 0.2) is 0 Å². The first-order valence-corrected chi connectivity index (χ1v) is 3.86. The van der Waals surface area contributed by atoms with Crippen LogP contribution in [0.4, 0.5) is 0 Å². The normalized spacial score (nSPS) is 28.6. The van der Waals surface area contributed by atoms with Gasteiger partial charge in [-0.1, -0.05) is 13.8 Å². The van der Waals surface area contributed by atoms with Crippen LogP contribution in [0.25, 0.3) is 0 Å². The van der Waals surface area contributed by atoms with Gasteiger partial charge < -0.3 is 10.1 Å². The SMILES string of the molecule is COCC1CNC(=O)C1(C)C. The minimum Gasteiger partial charge on any atom is -0.384 e. The minimum absolute atomic E-state index is 0.138. The molecule has 64 valence electrons. The van der Waals surface area contributed by atoms with Gasteiger partial charge in [0.25, 0.3) is 0 Å². The van der Waals surface area contributed by atoms with Gasteiger partial charge >= 0.3 is 0 Å². The van der Waals surface area contributed by atoms with E-state index in [0.717, 1.165) is 6.54 Å². The van der Waals surface area contributed by atoms with Gasteiger partial charge in [-0.25, -0.2) is 0 Å². The molecule has 0 radical (unpaired) electrons. The Balaban J connectivity index is 2.62. The van der Waals surface area contributed by atoms with Crippen LogP contribution in [-0.2, 0) is 9.53 Å². The number of carbonyl (C=O) groups excluding carboxylic acids is 1. The number of hydrogen-bond donors (Lipinski definition) is 1. The Bertz CT molecular complexity index is 165. The van der Waals surface area contributed by atoms with Crippen LogP contribution in [0.2, 0.25) is 0 Å². The summed E-state index contributed by atoms with van der Waals surface area (Å²) in [7, 11) is 1.67. The third-order valence-corrected chi connectivity index (χ3v) is 2.48. The summed E-state index contributed by atoms with van der Waals surface area (Å²) in [5.74, 6) is 0.458. The van der Waals surface area contributed by atoms with Gasteiger partial charge in [-0.05, 0) is 0 Å². The van der Waals surface area contributed by atoms with Crippen LogP contribution >= 0.6 is 0 Å². The molecular formula is C8H15NO2. The molecule has 0 aliphatic carbocycles. The molecule has 1 aliphatic rings. The monoisotopic (exact) mass is 157 g/mol. The maximum Gasteiger partial charge on any atom is 0.226 e. The van der Waals surface area contributed by atoms with E-state index in [4.69, 9.17) is 4.74 Å². The van der Waals surface area contributed by atoms with Crippen molar-refractivity contribution >= 4 is 5.91 Å². The number of amides is 1. The van der Waals surface area contributed by atoms with Crippen LogP contribution < -0.4 is 5.32 Å². The highest BCUT2D eigenvalue weighted by Crippen LogP contribution is 2.31. The number of hydrogen-bond acceptors (Lipinski definition) is 2. The summed E-state index contributed by atoms with van der Waals surface area (Å²) in [5.41, 5.74) is -0.254. The molecule has 11 heavy (non-hydrogen) atoms. The average Bonchev–Trinajstić information content (AvgIpc) is 2.16. The lowest BCUT2D eigenvalue weighted by molar-refractivity contribution is -0.127. The van der Waals surface area contributed by atoms with Gasteiger partial charge in [0, 0.05) is 19.6 Å². The quantitative estimate of drug-likeness (QED) is 0.630. The second-order valence-corrected chi connectivity index (χ2v) is 3.58. The fraction of sp³-hybridized carbons (Fsp3) is 0.875. The van der Waals surface area contributed by atoms with Crippen molar-refractivity contribution in [3.05, 3.63) is 0 Å². The molecule has 1 aliphatic heterocycles. The summed E-state index contributed by atoms with van der Waals surface area (Å²) in [6, 6.07) is 0. The molecular weight excluding hydrogens is 142 g/mol. The molecule has 1 saturated heterocycles. The van der Waals surface area contributed by atoms with E-state index in [1.54, 1.807) is 7.11 Å². The molecule has 3 nitrogen and oxygen atoms in total. The van der Waals surface area contributed by atoms with E-state index in [1.165, 1.54) is 0 Å². The zero-order valence-electron chi connectivity index (χ0n) is 7.31. The topological polar surface area (TPSA) is 38.3 Å². The molecule has 0 aromatic rings. The first kappa shape index (κ1) is 8.53. The van der Waals surface area contributed by atoms with Crippen molar-refractivity contribution in [3.8, 4) is 0 Å². The van der Waals surface area contributed by atoms with Gasteiger partial charge in [-0.15, -0.1) is 0 Å². The number of nitrogens with one attached hydrogen (secondary N) is 1. The smallest absolute Gasteiger partial charge is 0.226 e. The van der Waals surface area contributed by atoms with Crippen LogP contribution in [-0.4, -0.2) is 26.2 Å². The molecule has 3 heteroatoms. The molecule has 0 bridgehead atoms. The van der Waals surface area contributed by atoms with Crippen LogP contribution in [0, 0.1) is 11.3 Å². The fourth-order valence-corrected chi connectivity index (χ4v) is 1.35. The van der Waals surface area contributed by atoms with Gasteiger partial charge in [0.2, 0.25) is 5.91 Å². The second kappa shape index (κ2) is 2.81. The predicted octanol–water partition coefficient (Wildman–Crippen LogP) is 0.405. The van der Waals surface area contributed by atoms with E-state index in [0.29, 0.717) is 12.5 Å². The van der Waals surface area contributed by atoms with Gasteiger partial charge in [0.05, 0.1) is 12.0 Å². The number of carbonyl (C=O) groups is 1. The first-order valence-electron chi connectivity index (χ1n) is 3.86. The third-order valence-electron chi connectivity index (χ3n) is 2.48. The molecule has 1 unspecified atom stereocenters. The van der Waals surface area contributed by atoms with E-state index >= 15 is 0 Å². The lowest BCUT2D eigenvalue weighted by Crippen LogP contribution is -2.30. The highest BCUT2D eigenvalue weighted by atomic mass is 16.5. The molecule has 1 fully saturated rings. The fourth-order valence-electron chi connectivity index (χ4n) is 1.35. The molecule has 1 rings (SSSR count). The molecule has 0 saturated carbocycles. The maximum absolute atomic E-state index is 11.2. The Morgan fingerprint density at radius 2 is 2.36 bits per heavy atom. The minimum atomic E-state index is -0.254. The van der Waals surface area contributed by atoms with Crippen molar-refractivity contribution < 1.29 is 9.53 Å². The Labute approximate surface area is 67.1 Å². The van der Waals surface area contributed by atoms with Gasteiger partial charge in [0.1, 0.15) is 0 Å². The average molecular weight is 157 g/mol. The largest absolute Gasteiger partial charge is 0.384 e. The summed E-state index contributed by atoms with van der Waals surface area (Å²) in [6.45, 7) is 5.32. The van der Waals surface area contributed by atoms with Crippen molar-refractivity contribution in [3.63, 3.8) is 0 Å². The van der Waals surface area contributed by atoms with Crippen molar-refractivity contribution in [2.75, 3.05) is 20.3 Å². The summed E-state index contributed by atoms with van der Waals surface area (Å²) in [5, 5.41) is 2.83. The van der Waals surface area contributed by atoms with E-state index < -0.39 is 0 Å². The Morgan fingerprint density at radius 1 is 1.73 bits per heavy atom. The van der Waals surface area contributed by atoms with Crippen molar-refractivity contribution in [1.29, 1.82) is 0 Å². The Hall–Kier alpha value is -0.570. The van der Waals surface area contributed by atoms with Crippen molar-refractivity contribution in [2.45, 2.75) is 13.8 Å². The lowest BCUT2D eigenvalue weighted by atomic mass is 9.82. The number of rotatable bonds is 2. The van der Waals surface area contributed by atoms with E-state index in [1.807, 2.05) is 13.8 Å². The molecule has 1 N–H and O–H groups in total. The predicted molar refractivity (Wildman–Crippen MR) is 42.2 cm³/mol. The van der Waals surface area contributed by atoms with E-state index in [-0.39, 0.29) is 11.3 Å². The van der Waals surface area contributed by atoms with Crippen LogP contribution in [0.5, 0.6) is 0 Å². The first-order chi connectivity index (χ1) is 5.09. The van der Waals surface area contributed by atoms with Crippen molar-refractivity contribution in [2.24, 2.45) is 11.3 Å². The lowest BCUT2D eigenvalue weighted by Gasteiger charge is -2.21. The van der Waals surface area contributed by atoms with Gasteiger partial charge in [-0.3, -0.25) is 4.79 Å². The van der Waals surface area contributed by atoms with Crippen LogP contribution in [0.1, 0.15) is 13.8 Å². The summed E-state index contributed by atoms with van der Waals surface area (Å²) in [6.07, 6.45) is 0. The summed E-state index contributed by atoms with van der Waals surface area (Å²) >= 11 is 0. The molecule has 1 amide bonds. The maximum atomic E-state index is 11.2. The molecule has 1 atom stereocenters.